The van der Waals surface area contributed by atoms with E-state index in [9.17, 15) is 0 Å². The van der Waals surface area contributed by atoms with Gasteiger partial charge < -0.3 is 4.74 Å². The molecule has 1 fully saturated rings. The molecule has 5 heteroatoms. The Morgan fingerprint density at radius 2 is 1.63 bits per heavy atom. The van der Waals surface area contributed by atoms with E-state index in [1.165, 1.54) is 0 Å². The summed E-state index contributed by atoms with van der Waals surface area (Å²) in [4.78, 5) is 0. The first-order valence-electron chi connectivity index (χ1n) is 5.62. The van der Waals surface area contributed by atoms with E-state index in [2.05, 4.69) is 0 Å². The third-order valence-corrected chi connectivity index (χ3v) is 4.07. The first-order valence-corrected chi connectivity index (χ1v) is 7.13. The highest BCUT2D eigenvalue weighted by Crippen LogP contribution is 2.46. The lowest BCUT2D eigenvalue weighted by molar-refractivity contribution is 0.409. The lowest BCUT2D eigenvalue weighted by atomic mass is 9.93. The Bertz CT molecular complexity index is 609. The Morgan fingerprint density at radius 3 is 2.26 bits per heavy atom. The second-order valence-corrected chi connectivity index (χ2v) is 6.12. The monoisotopic (exact) mass is 332 g/mol. The summed E-state index contributed by atoms with van der Waals surface area (Å²) >= 11 is 24.0. The van der Waals surface area contributed by atoms with Crippen LogP contribution >= 0.6 is 46.4 Å². The Hall–Kier alpha value is -0.440. The predicted octanol–water partition coefficient (Wildman–Crippen LogP) is 5.32. The number of hydrogen-bond donors (Lipinski definition) is 0. The van der Waals surface area contributed by atoms with E-state index < -0.39 is 0 Å². The molecule has 1 aromatic rings. The highest BCUT2D eigenvalue weighted by atomic mass is 35.5. The number of hydrogen-bond acceptors (Lipinski definition) is 1. The van der Waals surface area contributed by atoms with Crippen molar-refractivity contribution >= 4 is 52.0 Å². The van der Waals surface area contributed by atoms with Crippen LogP contribution in [0.15, 0.2) is 51.5 Å². The summed E-state index contributed by atoms with van der Waals surface area (Å²) in [6.07, 6.45) is 3.59. The Morgan fingerprint density at radius 1 is 0.947 bits per heavy atom. The van der Waals surface area contributed by atoms with Crippen LogP contribution in [0.25, 0.3) is 5.57 Å². The summed E-state index contributed by atoms with van der Waals surface area (Å²) in [7, 11) is 0. The maximum Gasteiger partial charge on any atom is 0.124 e. The quantitative estimate of drug-likeness (QED) is 0.667. The molecule has 2 unspecified atom stereocenters. The van der Waals surface area contributed by atoms with E-state index >= 15 is 0 Å². The number of halogens is 4. The van der Waals surface area contributed by atoms with Crippen molar-refractivity contribution in [3.05, 3.63) is 62.1 Å². The minimum Gasteiger partial charge on any atom is -0.358 e. The fraction of sp³-hybridized carbons (Fsp3) is 0.143. The van der Waals surface area contributed by atoms with E-state index in [1.54, 1.807) is 12.1 Å². The topological polar surface area (TPSA) is 12.5 Å². The molecule has 1 aromatic carbocycles. The standard InChI is InChI=1S/C14H8Cl4O/c15-8-3-1-7(2-4-8)11(14(17)18)9-5-6-10(16)13-12(9)19-13/h1-6,12-13H. The first kappa shape index (κ1) is 13.5. The number of epoxide rings is 1. The van der Waals surface area contributed by atoms with Gasteiger partial charge in [0, 0.05) is 15.6 Å². The van der Waals surface area contributed by atoms with Crippen LogP contribution in [0, 0.1) is 0 Å². The zero-order chi connectivity index (χ0) is 13.6. The smallest absolute Gasteiger partial charge is 0.124 e. The van der Waals surface area contributed by atoms with Crippen molar-refractivity contribution in [1.82, 2.24) is 0 Å². The molecular formula is C14H8Cl4O. The molecule has 0 N–H and O–H groups in total. The van der Waals surface area contributed by atoms with E-state index in [-0.39, 0.29) is 16.7 Å². The van der Waals surface area contributed by atoms with Crippen molar-refractivity contribution in [2.75, 3.05) is 0 Å². The molecule has 98 valence electrons. The minimum absolute atomic E-state index is 0.0587. The van der Waals surface area contributed by atoms with Gasteiger partial charge in [-0.2, -0.15) is 0 Å². The molecule has 0 spiro atoms. The minimum atomic E-state index is -0.0596. The van der Waals surface area contributed by atoms with Crippen molar-refractivity contribution in [2.24, 2.45) is 0 Å². The van der Waals surface area contributed by atoms with E-state index in [0.29, 0.717) is 10.1 Å². The normalized spacial score (nSPS) is 24.2. The molecule has 0 radical (unpaired) electrons. The summed E-state index contributed by atoms with van der Waals surface area (Å²) < 4.78 is 5.74. The molecule has 2 aliphatic rings. The number of ether oxygens (including phenoxy) is 1. The fourth-order valence-corrected chi connectivity index (χ4v) is 2.94. The highest BCUT2D eigenvalue weighted by molar-refractivity contribution is 6.59. The van der Waals surface area contributed by atoms with Gasteiger partial charge in [-0.05, 0) is 29.3 Å². The van der Waals surface area contributed by atoms with Crippen LogP contribution < -0.4 is 0 Å². The molecule has 0 aromatic heterocycles. The molecule has 1 aliphatic carbocycles. The number of benzene rings is 1. The average Bonchev–Trinajstić information content (AvgIpc) is 3.15. The molecule has 2 atom stereocenters. The summed E-state index contributed by atoms with van der Waals surface area (Å²) in [6, 6.07) is 7.34. The van der Waals surface area contributed by atoms with Gasteiger partial charge in [0.15, 0.2) is 0 Å². The predicted molar refractivity (Wildman–Crippen MR) is 80.8 cm³/mol. The largest absolute Gasteiger partial charge is 0.358 e. The van der Waals surface area contributed by atoms with Crippen LogP contribution in [0.5, 0.6) is 0 Å². The molecule has 1 saturated heterocycles. The van der Waals surface area contributed by atoms with E-state index in [0.717, 1.165) is 16.7 Å². The summed E-state index contributed by atoms with van der Waals surface area (Å²) in [5.74, 6) is 0. The van der Waals surface area contributed by atoms with Crippen LogP contribution in [0.2, 0.25) is 5.02 Å². The van der Waals surface area contributed by atoms with Crippen LogP contribution in [0.3, 0.4) is 0 Å². The second-order valence-electron chi connectivity index (χ2n) is 4.29. The molecule has 3 rings (SSSR count). The average molecular weight is 334 g/mol. The van der Waals surface area contributed by atoms with Gasteiger partial charge in [0.25, 0.3) is 0 Å². The lowest BCUT2D eigenvalue weighted by Crippen LogP contribution is -2.05. The zero-order valence-electron chi connectivity index (χ0n) is 9.54. The molecule has 1 aliphatic heterocycles. The van der Waals surface area contributed by atoms with Gasteiger partial charge in [0.1, 0.15) is 16.7 Å². The van der Waals surface area contributed by atoms with Gasteiger partial charge in [0.2, 0.25) is 0 Å². The first-order chi connectivity index (χ1) is 9.08. The van der Waals surface area contributed by atoms with E-state index in [4.69, 9.17) is 51.1 Å². The Balaban J connectivity index is 2.05. The molecular weight excluding hydrogens is 326 g/mol. The fourth-order valence-electron chi connectivity index (χ4n) is 2.14. The molecule has 19 heavy (non-hydrogen) atoms. The van der Waals surface area contributed by atoms with Crippen molar-refractivity contribution < 1.29 is 4.74 Å². The summed E-state index contributed by atoms with van der Waals surface area (Å²) in [5, 5.41) is 1.37. The van der Waals surface area contributed by atoms with Gasteiger partial charge in [-0.1, -0.05) is 64.6 Å². The van der Waals surface area contributed by atoms with Crippen molar-refractivity contribution in [3.63, 3.8) is 0 Å². The third-order valence-electron chi connectivity index (χ3n) is 3.10. The maximum absolute atomic E-state index is 6.03. The van der Waals surface area contributed by atoms with Crippen molar-refractivity contribution in [3.8, 4) is 0 Å². The number of allylic oxidation sites excluding steroid dienone is 2. The van der Waals surface area contributed by atoms with Gasteiger partial charge in [-0.25, -0.2) is 0 Å². The van der Waals surface area contributed by atoms with Gasteiger partial charge in [-0.3, -0.25) is 0 Å². The molecule has 1 heterocycles. The van der Waals surface area contributed by atoms with E-state index in [1.807, 2.05) is 24.3 Å². The SMILES string of the molecule is ClC1=CC=C(C(=C(Cl)Cl)c2ccc(Cl)cc2)C2OC12. The highest BCUT2D eigenvalue weighted by Gasteiger charge is 2.47. The number of fused-ring (bicyclic) bond motifs is 1. The Kier molecular flexibility index (Phi) is 3.67. The molecule has 1 nitrogen and oxygen atoms in total. The summed E-state index contributed by atoms with van der Waals surface area (Å²) in [6.45, 7) is 0. The maximum atomic E-state index is 6.03. The third kappa shape index (κ3) is 2.58. The molecule has 0 bridgehead atoms. The van der Waals surface area contributed by atoms with Gasteiger partial charge in [0.05, 0.1) is 0 Å². The van der Waals surface area contributed by atoms with Crippen LogP contribution in [-0.4, -0.2) is 12.2 Å². The van der Waals surface area contributed by atoms with Gasteiger partial charge >= 0.3 is 0 Å². The second kappa shape index (κ2) is 5.16. The van der Waals surface area contributed by atoms with Crippen LogP contribution in [0.1, 0.15) is 5.56 Å². The molecule has 0 saturated carbocycles. The van der Waals surface area contributed by atoms with Crippen LogP contribution in [-0.2, 0) is 4.74 Å². The molecule has 0 amide bonds. The number of rotatable bonds is 2. The zero-order valence-corrected chi connectivity index (χ0v) is 12.6. The van der Waals surface area contributed by atoms with Gasteiger partial charge in [-0.15, -0.1) is 0 Å². The van der Waals surface area contributed by atoms with Crippen LogP contribution in [0.4, 0.5) is 0 Å². The van der Waals surface area contributed by atoms with Crippen molar-refractivity contribution in [2.45, 2.75) is 12.2 Å². The van der Waals surface area contributed by atoms with Crippen molar-refractivity contribution in [1.29, 1.82) is 0 Å². The Labute approximate surface area is 131 Å². The summed E-state index contributed by atoms with van der Waals surface area (Å²) in [5.41, 5.74) is 2.60. The lowest BCUT2D eigenvalue weighted by Gasteiger charge is -2.13.